The molecule has 0 amide bonds. The Labute approximate surface area is 65.5 Å². The molecule has 56 valence electrons. The van der Waals surface area contributed by atoms with Crippen molar-refractivity contribution in [3.63, 3.8) is 0 Å². The van der Waals surface area contributed by atoms with Gasteiger partial charge in [0.25, 0.3) is 0 Å². The van der Waals surface area contributed by atoms with Gasteiger partial charge in [0.15, 0.2) is 5.88 Å². The lowest BCUT2D eigenvalue weighted by Gasteiger charge is -2.17. The van der Waals surface area contributed by atoms with Gasteiger partial charge in [0, 0.05) is 12.0 Å². The first-order valence-corrected chi connectivity index (χ1v) is 4.15. The number of thioether (sulfide) groups is 1. The van der Waals surface area contributed by atoms with Crippen molar-refractivity contribution in [1.29, 1.82) is 0 Å². The Morgan fingerprint density at radius 1 is 2.00 bits per heavy atom. The molecule has 0 atom stereocenters. The van der Waals surface area contributed by atoms with E-state index in [-0.39, 0.29) is 0 Å². The zero-order valence-corrected chi connectivity index (χ0v) is 6.86. The van der Waals surface area contributed by atoms with Gasteiger partial charge in [-0.2, -0.15) is 0 Å². The predicted molar refractivity (Wildman–Crippen MR) is 44.5 cm³/mol. The number of rotatable bonds is 3. The first-order chi connectivity index (χ1) is 4.88. The molecule has 0 fully saturated rings. The summed E-state index contributed by atoms with van der Waals surface area (Å²) < 4.78 is 5.09. The molecule has 0 saturated heterocycles. The van der Waals surface area contributed by atoms with E-state index < -0.39 is 0 Å². The van der Waals surface area contributed by atoms with Crippen LogP contribution in [0.1, 0.15) is 0 Å². The van der Waals surface area contributed by atoms with Crippen LogP contribution in [0.15, 0.2) is 23.9 Å². The van der Waals surface area contributed by atoms with Crippen LogP contribution in [0.3, 0.4) is 0 Å². The Morgan fingerprint density at radius 3 is 3.40 bits per heavy atom. The van der Waals surface area contributed by atoms with E-state index >= 15 is 0 Å². The summed E-state index contributed by atoms with van der Waals surface area (Å²) in [7, 11) is 1.69. The van der Waals surface area contributed by atoms with Gasteiger partial charge in [0.05, 0.1) is 13.0 Å². The lowest BCUT2D eigenvalue weighted by Crippen LogP contribution is -2.19. The Balaban J connectivity index is 2.45. The minimum Gasteiger partial charge on any atom is -0.482 e. The molecule has 0 unspecified atom stereocenters. The Bertz CT molecular complexity index is 156. The highest BCUT2D eigenvalue weighted by Crippen LogP contribution is 2.22. The first kappa shape index (κ1) is 7.54. The van der Waals surface area contributed by atoms with Crippen molar-refractivity contribution in [3.8, 4) is 0 Å². The van der Waals surface area contributed by atoms with Gasteiger partial charge in [-0.15, -0.1) is 18.3 Å². The topological polar surface area (TPSA) is 12.5 Å². The molecular formula is C7H11NOS. The highest BCUT2D eigenvalue weighted by molar-refractivity contribution is 8.02. The van der Waals surface area contributed by atoms with Crippen molar-refractivity contribution in [3.05, 3.63) is 23.9 Å². The highest BCUT2D eigenvalue weighted by Gasteiger charge is 2.13. The smallest absolute Gasteiger partial charge is 0.196 e. The van der Waals surface area contributed by atoms with Crippen LogP contribution in [0.2, 0.25) is 0 Å². The van der Waals surface area contributed by atoms with Crippen molar-refractivity contribution in [2.24, 2.45) is 0 Å². The average Bonchev–Trinajstić information content (AvgIpc) is 2.36. The molecule has 1 heterocycles. The second-order valence-electron chi connectivity index (χ2n) is 1.97. The summed E-state index contributed by atoms with van der Waals surface area (Å²) in [6.45, 7) is 4.53. The van der Waals surface area contributed by atoms with E-state index in [9.17, 15) is 0 Å². The monoisotopic (exact) mass is 157 g/mol. The molecule has 0 spiro atoms. The van der Waals surface area contributed by atoms with Crippen LogP contribution in [0, 0.1) is 0 Å². The largest absolute Gasteiger partial charge is 0.482 e. The van der Waals surface area contributed by atoms with Gasteiger partial charge in [-0.05, 0) is 0 Å². The SMILES string of the molecule is C=CCN1CSC=C1OC. The summed E-state index contributed by atoms with van der Waals surface area (Å²) in [5.41, 5.74) is 0. The van der Waals surface area contributed by atoms with Crippen LogP contribution in [0.5, 0.6) is 0 Å². The molecule has 0 radical (unpaired) electrons. The molecular weight excluding hydrogens is 146 g/mol. The van der Waals surface area contributed by atoms with E-state index in [4.69, 9.17) is 4.74 Å². The molecule has 1 rings (SSSR count). The summed E-state index contributed by atoms with van der Waals surface area (Å²) >= 11 is 1.75. The summed E-state index contributed by atoms with van der Waals surface area (Å²) in [5, 5.41) is 2.02. The maximum atomic E-state index is 5.09. The maximum Gasteiger partial charge on any atom is 0.196 e. The maximum absolute atomic E-state index is 5.09. The van der Waals surface area contributed by atoms with Crippen molar-refractivity contribution in [2.75, 3.05) is 19.5 Å². The van der Waals surface area contributed by atoms with Gasteiger partial charge in [-0.1, -0.05) is 6.08 Å². The standard InChI is InChI=1S/C7H11NOS/c1-3-4-8-6-10-5-7(8)9-2/h3,5H,1,4,6H2,2H3. The molecule has 1 aliphatic rings. The zero-order valence-electron chi connectivity index (χ0n) is 6.04. The molecule has 0 saturated carbocycles. The third kappa shape index (κ3) is 1.48. The minimum atomic E-state index is 0.868. The third-order valence-electron chi connectivity index (χ3n) is 1.28. The molecule has 3 heteroatoms. The van der Waals surface area contributed by atoms with Crippen LogP contribution < -0.4 is 0 Å². The zero-order chi connectivity index (χ0) is 7.40. The molecule has 0 aliphatic carbocycles. The van der Waals surface area contributed by atoms with E-state index in [1.165, 1.54) is 0 Å². The highest BCUT2D eigenvalue weighted by atomic mass is 32.2. The fourth-order valence-electron chi connectivity index (χ4n) is 0.812. The summed E-state index contributed by atoms with van der Waals surface area (Å²) in [4.78, 5) is 2.12. The number of methoxy groups -OCH3 is 1. The van der Waals surface area contributed by atoms with E-state index in [2.05, 4.69) is 11.5 Å². The lowest BCUT2D eigenvalue weighted by atomic mass is 10.5. The van der Waals surface area contributed by atoms with E-state index in [0.29, 0.717) is 0 Å². The van der Waals surface area contributed by atoms with Crippen molar-refractivity contribution >= 4 is 11.8 Å². The summed E-state index contributed by atoms with van der Waals surface area (Å²) in [6.07, 6.45) is 1.87. The second kappa shape index (κ2) is 3.56. The lowest BCUT2D eigenvalue weighted by molar-refractivity contribution is 0.184. The third-order valence-corrected chi connectivity index (χ3v) is 2.11. The number of ether oxygens (including phenoxy) is 1. The number of hydrogen-bond acceptors (Lipinski definition) is 3. The van der Waals surface area contributed by atoms with Gasteiger partial charge >= 0.3 is 0 Å². The fourth-order valence-corrected chi connectivity index (χ4v) is 1.69. The summed E-state index contributed by atoms with van der Waals surface area (Å²) in [5.74, 6) is 1.93. The van der Waals surface area contributed by atoms with Crippen LogP contribution >= 0.6 is 11.8 Å². The van der Waals surface area contributed by atoms with Crippen LogP contribution in [0.25, 0.3) is 0 Å². The van der Waals surface area contributed by atoms with Crippen molar-refractivity contribution in [1.82, 2.24) is 4.90 Å². The Hall–Kier alpha value is -0.570. The minimum absolute atomic E-state index is 0.868. The van der Waals surface area contributed by atoms with Crippen LogP contribution in [-0.4, -0.2) is 24.4 Å². The van der Waals surface area contributed by atoms with Crippen molar-refractivity contribution < 1.29 is 4.74 Å². The van der Waals surface area contributed by atoms with Gasteiger partial charge in [-0.3, -0.25) is 0 Å². The Morgan fingerprint density at radius 2 is 2.80 bits per heavy atom. The quantitative estimate of drug-likeness (QED) is 0.578. The molecule has 10 heavy (non-hydrogen) atoms. The van der Waals surface area contributed by atoms with Crippen LogP contribution in [0.4, 0.5) is 0 Å². The van der Waals surface area contributed by atoms with E-state index in [1.807, 2.05) is 11.5 Å². The van der Waals surface area contributed by atoms with Crippen LogP contribution in [-0.2, 0) is 4.74 Å². The fraction of sp³-hybridized carbons (Fsp3) is 0.429. The van der Waals surface area contributed by atoms with Crippen molar-refractivity contribution in [2.45, 2.75) is 0 Å². The normalized spacial score (nSPS) is 16.9. The molecule has 1 aliphatic heterocycles. The Kier molecular flexibility index (Phi) is 2.68. The van der Waals surface area contributed by atoms with E-state index in [1.54, 1.807) is 18.9 Å². The van der Waals surface area contributed by atoms with Gasteiger partial charge in [-0.25, -0.2) is 0 Å². The van der Waals surface area contributed by atoms with E-state index in [0.717, 1.165) is 18.3 Å². The number of hydrogen-bond donors (Lipinski definition) is 0. The predicted octanol–water partition coefficient (Wildman–Crippen LogP) is 1.62. The summed E-state index contributed by atoms with van der Waals surface area (Å²) in [6, 6.07) is 0. The molecule has 0 bridgehead atoms. The first-order valence-electron chi connectivity index (χ1n) is 3.10. The molecule has 0 aromatic carbocycles. The average molecular weight is 157 g/mol. The molecule has 0 aromatic heterocycles. The molecule has 0 aromatic rings. The molecule has 0 N–H and O–H groups in total. The van der Waals surface area contributed by atoms with Gasteiger partial charge in [0.2, 0.25) is 0 Å². The van der Waals surface area contributed by atoms with Gasteiger partial charge < -0.3 is 9.64 Å². The molecule has 2 nitrogen and oxygen atoms in total. The second-order valence-corrected chi connectivity index (χ2v) is 2.79. The van der Waals surface area contributed by atoms with Gasteiger partial charge in [0.1, 0.15) is 0 Å². The number of nitrogens with zero attached hydrogens (tertiary/aromatic N) is 1.